The van der Waals surface area contributed by atoms with Crippen LogP contribution < -0.4 is 5.32 Å². The van der Waals surface area contributed by atoms with Crippen LogP contribution in [-0.4, -0.2) is 24.0 Å². The van der Waals surface area contributed by atoms with Gasteiger partial charge in [0.15, 0.2) is 0 Å². The minimum Gasteiger partial charge on any atom is -0.468 e. The van der Waals surface area contributed by atoms with Gasteiger partial charge in [-0.15, -0.1) is 0 Å². The summed E-state index contributed by atoms with van der Waals surface area (Å²) in [6.45, 7) is 10.8. The average molecular weight is 278 g/mol. The van der Waals surface area contributed by atoms with Gasteiger partial charge in [-0.1, -0.05) is 33.6 Å². The Balaban J connectivity index is 2.00. The van der Waals surface area contributed by atoms with Crippen LogP contribution in [0, 0.1) is 5.92 Å². The zero-order valence-corrected chi connectivity index (χ0v) is 13.3. The molecule has 1 saturated carbocycles. The van der Waals surface area contributed by atoms with Crippen LogP contribution in [0.3, 0.4) is 0 Å². The van der Waals surface area contributed by atoms with Crippen LogP contribution in [0.2, 0.25) is 0 Å². The number of hydrogen-bond acceptors (Lipinski definition) is 3. The van der Waals surface area contributed by atoms with E-state index in [-0.39, 0.29) is 0 Å². The first-order valence-electron chi connectivity index (χ1n) is 8.20. The normalized spacial score (nSPS) is 16.6. The molecule has 2 rings (SSSR count). The fraction of sp³-hybridized carbons (Fsp3) is 0.765. The van der Waals surface area contributed by atoms with Crippen LogP contribution in [0.1, 0.15) is 57.8 Å². The van der Waals surface area contributed by atoms with Crippen LogP contribution >= 0.6 is 0 Å². The smallest absolute Gasteiger partial charge is 0.122 e. The Labute approximate surface area is 123 Å². The molecule has 1 N–H and O–H groups in total. The molecule has 1 aromatic rings. The third kappa shape index (κ3) is 4.35. The molecule has 0 bridgehead atoms. The summed E-state index contributed by atoms with van der Waals surface area (Å²) in [4.78, 5) is 2.68. The summed E-state index contributed by atoms with van der Waals surface area (Å²) >= 11 is 0. The summed E-state index contributed by atoms with van der Waals surface area (Å²) in [7, 11) is 0. The van der Waals surface area contributed by atoms with E-state index in [1.54, 1.807) is 0 Å². The van der Waals surface area contributed by atoms with Crippen LogP contribution in [0.15, 0.2) is 16.7 Å². The maximum atomic E-state index is 5.65. The van der Waals surface area contributed by atoms with Gasteiger partial charge in [-0.2, -0.15) is 0 Å². The Kier molecular flexibility index (Phi) is 6.11. The second-order valence-corrected chi connectivity index (χ2v) is 6.41. The summed E-state index contributed by atoms with van der Waals surface area (Å²) in [5, 5.41) is 3.36. The van der Waals surface area contributed by atoms with E-state index in [1.165, 1.54) is 37.8 Å². The summed E-state index contributed by atoms with van der Waals surface area (Å²) < 4.78 is 5.65. The second kappa shape index (κ2) is 7.84. The average Bonchev–Trinajstić information content (AvgIpc) is 3.06. The molecular formula is C17H30N2O. The van der Waals surface area contributed by atoms with Crippen molar-refractivity contribution in [1.82, 2.24) is 10.2 Å². The molecule has 0 aliphatic heterocycles. The topological polar surface area (TPSA) is 28.4 Å². The molecule has 0 saturated heterocycles. The minimum atomic E-state index is 0.722. The van der Waals surface area contributed by atoms with Crippen molar-refractivity contribution in [2.75, 3.05) is 13.1 Å². The molecule has 0 amide bonds. The first-order chi connectivity index (χ1) is 9.70. The highest BCUT2D eigenvalue weighted by Crippen LogP contribution is 2.26. The lowest BCUT2D eigenvalue weighted by molar-refractivity contribution is 0.167. The lowest BCUT2D eigenvalue weighted by atomic mass is 10.1. The highest BCUT2D eigenvalue weighted by Gasteiger charge is 2.24. The van der Waals surface area contributed by atoms with E-state index in [0.29, 0.717) is 0 Å². The standard InChI is InChI=1S/C17H30N2O/c1-4-18-11-17-15(9-10-20-17)13-19(12-14(2)3)16-7-5-6-8-16/h9-10,14,16,18H,4-8,11-13H2,1-3H3. The highest BCUT2D eigenvalue weighted by molar-refractivity contribution is 5.17. The Morgan fingerprint density at radius 2 is 2.10 bits per heavy atom. The number of nitrogens with zero attached hydrogens (tertiary/aromatic N) is 1. The van der Waals surface area contributed by atoms with E-state index in [1.807, 2.05) is 6.26 Å². The molecule has 0 spiro atoms. The largest absolute Gasteiger partial charge is 0.468 e. The van der Waals surface area contributed by atoms with Gasteiger partial charge in [0.2, 0.25) is 0 Å². The van der Waals surface area contributed by atoms with E-state index in [4.69, 9.17) is 4.42 Å². The molecule has 1 aromatic heterocycles. The Morgan fingerprint density at radius 3 is 2.75 bits per heavy atom. The first kappa shape index (κ1) is 15.6. The molecule has 114 valence electrons. The minimum absolute atomic E-state index is 0.722. The lowest BCUT2D eigenvalue weighted by Gasteiger charge is -2.30. The zero-order chi connectivity index (χ0) is 14.4. The fourth-order valence-corrected chi connectivity index (χ4v) is 3.20. The monoisotopic (exact) mass is 278 g/mol. The van der Waals surface area contributed by atoms with Gasteiger partial charge < -0.3 is 9.73 Å². The molecule has 0 radical (unpaired) electrons. The maximum absolute atomic E-state index is 5.65. The van der Waals surface area contributed by atoms with Crippen molar-refractivity contribution in [1.29, 1.82) is 0 Å². The SMILES string of the molecule is CCNCc1occc1CN(CC(C)C)C1CCCC1. The van der Waals surface area contributed by atoms with Crippen LogP contribution in [0.4, 0.5) is 0 Å². The highest BCUT2D eigenvalue weighted by atomic mass is 16.3. The Bertz CT molecular complexity index is 380. The summed E-state index contributed by atoms with van der Waals surface area (Å²) in [6, 6.07) is 2.92. The predicted octanol–water partition coefficient (Wildman–Crippen LogP) is 3.79. The summed E-state index contributed by atoms with van der Waals surface area (Å²) in [5.74, 6) is 1.83. The van der Waals surface area contributed by atoms with Gasteiger partial charge in [0.25, 0.3) is 0 Å². The summed E-state index contributed by atoms with van der Waals surface area (Å²) in [5.41, 5.74) is 1.36. The van der Waals surface area contributed by atoms with Gasteiger partial charge in [0.1, 0.15) is 5.76 Å². The number of nitrogens with one attached hydrogen (secondary N) is 1. The molecule has 0 atom stereocenters. The molecular weight excluding hydrogens is 248 g/mol. The third-order valence-electron chi connectivity index (χ3n) is 4.19. The molecule has 0 unspecified atom stereocenters. The van der Waals surface area contributed by atoms with Crippen molar-refractivity contribution in [3.05, 3.63) is 23.7 Å². The van der Waals surface area contributed by atoms with Crippen LogP contribution in [0.5, 0.6) is 0 Å². The first-order valence-corrected chi connectivity index (χ1v) is 8.20. The van der Waals surface area contributed by atoms with Crippen molar-refractivity contribution in [2.24, 2.45) is 5.92 Å². The van der Waals surface area contributed by atoms with Gasteiger partial charge >= 0.3 is 0 Å². The Hall–Kier alpha value is -0.800. The van der Waals surface area contributed by atoms with E-state index in [9.17, 15) is 0 Å². The molecule has 1 aliphatic rings. The number of rotatable bonds is 8. The zero-order valence-electron chi connectivity index (χ0n) is 13.3. The predicted molar refractivity (Wildman–Crippen MR) is 83.6 cm³/mol. The van der Waals surface area contributed by atoms with Crippen molar-refractivity contribution in [3.63, 3.8) is 0 Å². The van der Waals surface area contributed by atoms with Gasteiger partial charge in [-0.25, -0.2) is 0 Å². The van der Waals surface area contributed by atoms with Crippen molar-refractivity contribution < 1.29 is 4.42 Å². The molecule has 0 aromatic carbocycles. The second-order valence-electron chi connectivity index (χ2n) is 6.41. The van der Waals surface area contributed by atoms with Gasteiger partial charge in [0, 0.05) is 24.7 Å². The third-order valence-corrected chi connectivity index (χ3v) is 4.19. The van der Waals surface area contributed by atoms with Gasteiger partial charge in [-0.05, 0) is 31.4 Å². The van der Waals surface area contributed by atoms with Crippen molar-refractivity contribution in [2.45, 2.75) is 65.6 Å². The molecule has 3 heteroatoms. The van der Waals surface area contributed by atoms with Crippen LogP contribution in [0.25, 0.3) is 0 Å². The van der Waals surface area contributed by atoms with E-state index >= 15 is 0 Å². The van der Waals surface area contributed by atoms with Crippen LogP contribution in [-0.2, 0) is 13.1 Å². The van der Waals surface area contributed by atoms with E-state index in [2.05, 4.69) is 37.1 Å². The molecule has 1 heterocycles. The van der Waals surface area contributed by atoms with Crippen molar-refractivity contribution >= 4 is 0 Å². The summed E-state index contributed by atoms with van der Waals surface area (Å²) in [6.07, 6.45) is 7.37. The maximum Gasteiger partial charge on any atom is 0.122 e. The van der Waals surface area contributed by atoms with E-state index in [0.717, 1.165) is 37.4 Å². The van der Waals surface area contributed by atoms with E-state index < -0.39 is 0 Å². The number of furan rings is 1. The fourth-order valence-electron chi connectivity index (χ4n) is 3.20. The van der Waals surface area contributed by atoms with Gasteiger partial charge in [0.05, 0.1) is 12.8 Å². The lowest BCUT2D eigenvalue weighted by Crippen LogP contribution is -2.36. The molecule has 1 aliphatic carbocycles. The Morgan fingerprint density at radius 1 is 1.35 bits per heavy atom. The van der Waals surface area contributed by atoms with Crippen molar-refractivity contribution in [3.8, 4) is 0 Å². The molecule has 20 heavy (non-hydrogen) atoms. The number of hydrogen-bond donors (Lipinski definition) is 1. The van der Waals surface area contributed by atoms with Gasteiger partial charge in [-0.3, -0.25) is 4.90 Å². The molecule has 1 fully saturated rings. The molecule has 3 nitrogen and oxygen atoms in total. The quantitative estimate of drug-likeness (QED) is 0.784.